The van der Waals surface area contributed by atoms with Gasteiger partial charge in [-0.1, -0.05) is 0 Å². The van der Waals surface area contributed by atoms with Crippen LogP contribution < -0.4 is 15.7 Å². The molecule has 0 aliphatic carbocycles. The zero-order valence-electron chi connectivity index (χ0n) is 13.5. The molecule has 3 aromatic rings. The average Bonchev–Trinajstić information content (AvgIpc) is 2.98. The number of hydrogen-bond acceptors (Lipinski definition) is 6. The van der Waals surface area contributed by atoms with E-state index in [0.717, 1.165) is 16.3 Å². The second kappa shape index (κ2) is 6.40. The summed E-state index contributed by atoms with van der Waals surface area (Å²) < 4.78 is 6.50. The van der Waals surface area contributed by atoms with E-state index < -0.39 is 5.69 Å². The summed E-state index contributed by atoms with van der Waals surface area (Å²) in [6.45, 7) is 1.78. The number of carbonyl (C=O) groups excluding carboxylic acids is 1. The highest BCUT2D eigenvalue weighted by Gasteiger charge is 2.17. The third kappa shape index (κ3) is 2.88. The van der Waals surface area contributed by atoms with Crippen LogP contribution in [-0.4, -0.2) is 34.6 Å². The van der Waals surface area contributed by atoms with Gasteiger partial charge in [-0.25, -0.2) is 9.78 Å². The Labute approximate surface area is 141 Å². The number of aryl methyl sites for hydroxylation is 1. The minimum atomic E-state index is -0.472. The molecule has 0 radical (unpaired) electrons. The Bertz CT molecular complexity index is 960. The fourth-order valence-electron chi connectivity index (χ4n) is 2.36. The molecule has 0 spiro atoms. The zero-order valence-corrected chi connectivity index (χ0v) is 14.3. The molecule has 0 saturated heterocycles. The molecule has 1 aromatic carbocycles. The van der Waals surface area contributed by atoms with Crippen LogP contribution in [0.1, 0.15) is 5.01 Å². The van der Waals surface area contributed by atoms with Crippen molar-refractivity contribution in [2.24, 2.45) is 0 Å². The number of rotatable bonds is 4. The number of nitrogens with zero attached hydrogens (tertiary/aromatic N) is 3. The van der Waals surface area contributed by atoms with Gasteiger partial charge in [-0.3, -0.25) is 9.36 Å². The van der Waals surface area contributed by atoms with Crippen molar-refractivity contribution in [1.82, 2.24) is 19.9 Å². The lowest BCUT2D eigenvalue weighted by Gasteiger charge is -2.08. The second-order valence-electron chi connectivity index (χ2n) is 5.12. The Hall–Kier alpha value is -2.74. The van der Waals surface area contributed by atoms with Crippen LogP contribution in [0.15, 0.2) is 29.1 Å². The van der Waals surface area contributed by atoms with Gasteiger partial charge in [-0.15, -0.1) is 11.3 Å². The first kappa shape index (κ1) is 16.1. The van der Waals surface area contributed by atoms with Crippen LogP contribution in [-0.2, 0) is 11.3 Å². The number of aromatic nitrogens is 3. The summed E-state index contributed by atoms with van der Waals surface area (Å²) in [6, 6.07) is 7.27. The van der Waals surface area contributed by atoms with Gasteiger partial charge in [0.2, 0.25) is 5.91 Å². The first-order valence-corrected chi connectivity index (χ1v) is 8.08. The molecule has 0 unspecified atom stereocenters. The molecule has 0 atom stereocenters. The summed E-state index contributed by atoms with van der Waals surface area (Å²) >= 11 is 1.37. The Morgan fingerprint density at radius 3 is 2.62 bits per heavy atom. The van der Waals surface area contributed by atoms with Gasteiger partial charge in [0.15, 0.2) is 0 Å². The standard InChI is InChI=1S/C16H16N4O3S/c1-9-18-14-13(10-4-6-11(23-3)7-5-10)19-16(22)20(15(14)24-9)8-12(21)17-2/h4-7H,8H2,1-3H3,(H,17,21). The van der Waals surface area contributed by atoms with Crippen molar-refractivity contribution in [2.75, 3.05) is 14.2 Å². The predicted octanol–water partition coefficient (Wildman–Crippen LogP) is 1.58. The van der Waals surface area contributed by atoms with Crippen molar-refractivity contribution >= 4 is 27.6 Å². The lowest BCUT2D eigenvalue weighted by molar-refractivity contribution is -0.121. The van der Waals surface area contributed by atoms with Gasteiger partial charge < -0.3 is 10.1 Å². The van der Waals surface area contributed by atoms with Gasteiger partial charge in [0.05, 0.1) is 12.1 Å². The van der Waals surface area contributed by atoms with E-state index in [1.807, 2.05) is 19.1 Å². The molecule has 0 bridgehead atoms. The topological polar surface area (TPSA) is 86.1 Å². The molecular formula is C16H16N4O3S. The number of ether oxygens (including phenoxy) is 1. The molecule has 0 aliphatic rings. The fourth-order valence-corrected chi connectivity index (χ4v) is 3.27. The van der Waals surface area contributed by atoms with E-state index in [-0.39, 0.29) is 12.5 Å². The number of nitrogens with one attached hydrogen (secondary N) is 1. The van der Waals surface area contributed by atoms with Gasteiger partial charge in [0.1, 0.15) is 28.3 Å². The van der Waals surface area contributed by atoms with Crippen molar-refractivity contribution in [3.8, 4) is 17.0 Å². The summed E-state index contributed by atoms with van der Waals surface area (Å²) in [4.78, 5) is 33.4. The van der Waals surface area contributed by atoms with Gasteiger partial charge >= 0.3 is 5.69 Å². The van der Waals surface area contributed by atoms with Gasteiger partial charge in [0, 0.05) is 12.6 Å². The van der Waals surface area contributed by atoms with E-state index in [4.69, 9.17) is 4.74 Å². The van der Waals surface area contributed by atoms with E-state index in [1.165, 1.54) is 23.0 Å². The van der Waals surface area contributed by atoms with Gasteiger partial charge in [-0.05, 0) is 31.2 Å². The van der Waals surface area contributed by atoms with Crippen molar-refractivity contribution in [2.45, 2.75) is 13.5 Å². The third-order valence-corrected chi connectivity index (χ3v) is 4.56. The molecule has 124 valence electrons. The summed E-state index contributed by atoms with van der Waals surface area (Å²) in [5.74, 6) is 0.459. The Morgan fingerprint density at radius 2 is 2.00 bits per heavy atom. The van der Waals surface area contributed by atoms with Crippen LogP contribution in [0.3, 0.4) is 0 Å². The molecule has 8 heteroatoms. The molecule has 24 heavy (non-hydrogen) atoms. The molecule has 2 aromatic heterocycles. The highest BCUT2D eigenvalue weighted by atomic mass is 32.1. The zero-order chi connectivity index (χ0) is 17.3. The summed E-state index contributed by atoms with van der Waals surface area (Å²) in [6.07, 6.45) is 0. The fraction of sp³-hybridized carbons (Fsp3) is 0.250. The number of methoxy groups -OCH3 is 1. The van der Waals surface area contributed by atoms with E-state index in [1.54, 1.807) is 19.2 Å². The van der Waals surface area contributed by atoms with Crippen LogP contribution >= 0.6 is 11.3 Å². The lowest BCUT2D eigenvalue weighted by Crippen LogP contribution is -2.31. The van der Waals surface area contributed by atoms with Crippen LogP contribution in [0.2, 0.25) is 0 Å². The van der Waals surface area contributed by atoms with Crippen LogP contribution in [0.4, 0.5) is 0 Å². The van der Waals surface area contributed by atoms with Crippen molar-refractivity contribution < 1.29 is 9.53 Å². The van der Waals surface area contributed by atoms with E-state index in [2.05, 4.69) is 15.3 Å². The maximum atomic E-state index is 12.4. The van der Waals surface area contributed by atoms with Gasteiger partial charge in [0.25, 0.3) is 0 Å². The van der Waals surface area contributed by atoms with E-state index in [9.17, 15) is 9.59 Å². The van der Waals surface area contributed by atoms with Crippen LogP contribution in [0, 0.1) is 6.92 Å². The smallest absolute Gasteiger partial charge is 0.349 e. The number of benzene rings is 1. The molecule has 1 N–H and O–H groups in total. The Kier molecular flexibility index (Phi) is 4.30. The molecule has 0 aliphatic heterocycles. The summed E-state index contributed by atoms with van der Waals surface area (Å²) in [7, 11) is 3.12. The predicted molar refractivity (Wildman–Crippen MR) is 92.5 cm³/mol. The highest BCUT2D eigenvalue weighted by molar-refractivity contribution is 7.18. The SMILES string of the molecule is CNC(=O)Cn1c(=O)nc(-c2ccc(OC)cc2)c2nc(C)sc21. The molecule has 1 amide bonds. The first-order valence-electron chi connectivity index (χ1n) is 7.26. The maximum Gasteiger partial charge on any atom is 0.349 e. The Morgan fingerprint density at radius 1 is 1.29 bits per heavy atom. The monoisotopic (exact) mass is 344 g/mol. The van der Waals surface area contributed by atoms with Crippen molar-refractivity contribution in [3.05, 3.63) is 39.8 Å². The van der Waals surface area contributed by atoms with Crippen LogP contribution in [0.25, 0.3) is 21.6 Å². The third-order valence-electron chi connectivity index (χ3n) is 3.57. The molecular weight excluding hydrogens is 328 g/mol. The number of carbonyl (C=O) groups is 1. The molecule has 0 fully saturated rings. The minimum absolute atomic E-state index is 0.0800. The van der Waals surface area contributed by atoms with E-state index in [0.29, 0.717) is 16.0 Å². The van der Waals surface area contributed by atoms with Gasteiger partial charge in [-0.2, -0.15) is 4.98 Å². The maximum absolute atomic E-state index is 12.4. The average molecular weight is 344 g/mol. The molecule has 7 nitrogen and oxygen atoms in total. The number of hydrogen-bond donors (Lipinski definition) is 1. The van der Waals surface area contributed by atoms with Crippen molar-refractivity contribution in [1.29, 1.82) is 0 Å². The lowest BCUT2D eigenvalue weighted by atomic mass is 10.1. The number of fused-ring (bicyclic) bond motifs is 1. The summed E-state index contributed by atoms with van der Waals surface area (Å²) in [5.41, 5.74) is 1.43. The second-order valence-corrected chi connectivity index (χ2v) is 6.30. The van der Waals surface area contributed by atoms with E-state index >= 15 is 0 Å². The normalized spacial score (nSPS) is 10.8. The largest absolute Gasteiger partial charge is 0.497 e. The molecule has 0 saturated carbocycles. The first-order chi connectivity index (χ1) is 11.5. The Balaban J connectivity index is 2.21. The number of thiazole rings is 1. The summed E-state index contributed by atoms with van der Waals surface area (Å²) in [5, 5.41) is 3.32. The highest BCUT2D eigenvalue weighted by Crippen LogP contribution is 2.29. The van der Waals surface area contributed by atoms with Crippen molar-refractivity contribution in [3.63, 3.8) is 0 Å². The number of amides is 1. The number of likely N-dealkylation sites (N-methyl/N-ethyl adjacent to an activating group) is 1. The quantitative estimate of drug-likeness (QED) is 0.777. The molecule has 2 heterocycles. The minimum Gasteiger partial charge on any atom is -0.497 e. The molecule has 3 rings (SSSR count). The van der Waals surface area contributed by atoms with Crippen LogP contribution in [0.5, 0.6) is 5.75 Å².